The van der Waals surface area contributed by atoms with Crippen molar-refractivity contribution in [3.63, 3.8) is 0 Å². The Labute approximate surface area is 134 Å². The number of rotatable bonds is 5. The predicted molar refractivity (Wildman–Crippen MR) is 82.0 cm³/mol. The largest absolute Gasteiger partial charge is 0.481 e. The number of carboxylic acids is 1. The molecular weight excluding hydrogens is 339 g/mol. The van der Waals surface area contributed by atoms with E-state index in [2.05, 4.69) is 9.97 Å². The molecule has 20 heavy (non-hydrogen) atoms. The average Bonchev–Trinajstić information content (AvgIpc) is 2.70. The van der Waals surface area contributed by atoms with Gasteiger partial charge in [0, 0.05) is 10.6 Å². The molecule has 0 radical (unpaired) electrons. The molecule has 0 spiro atoms. The van der Waals surface area contributed by atoms with E-state index in [4.69, 9.17) is 28.3 Å². The van der Waals surface area contributed by atoms with Gasteiger partial charge in [-0.1, -0.05) is 35.0 Å². The van der Waals surface area contributed by atoms with E-state index >= 15 is 0 Å². The molecule has 0 fully saturated rings. The Morgan fingerprint density at radius 3 is 2.85 bits per heavy atom. The van der Waals surface area contributed by atoms with Gasteiger partial charge in [0.25, 0.3) is 0 Å². The SMILES string of the molecule is Cc1nc(SCc2nc(Cl)ccc2Cl)sc1CC(=O)O. The summed E-state index contributed by atoms with van der Waals surface area (Å²) in [6.45, 7) is 1.81. The van der Waals surface area contributed by atoms with Gasteiger partial charge in [0.1, 0.15) is 5.15 Å². The Hall–Kier alpha value is -0.820. The fourth-order valence-corrected chi connectivity index (χ4v) is 4.05. The maximum Gasteiger partial charge on any atom is 0.308 e. The first-order valence-electron chi connectivity index (χ1n) is 5.57. The number of thiazole rings is 1. The van der Waals surface area contributed by atoms with E-state index in [0.29, 0.717) is 21.6 Å². The van der Waals surface area contributed by atoms with Crippen molar-refractivity contribution in [3.05, 3.63) is 38.6 Å². The summed E-state index contributed by atoms with van der Waals surface area (Å²) in [5.41, 5.74) is 1.45. The topological polar surface area (TPSA) is 63.1 Å². The highest BCUT2D eigenvalue weighted by Gasteiger charge is 2.12. The number of pyridine rings is 1. The quantitative estimate of drug-likeness (QED) is 0.651. The molecule has 1 N–H and O–H groups in total. The fraction of sp³-hybridized carbons (Fsp3) is 0.250. The van der Waals surface area contributed by atoms with Crippen LogP contribution < -0.4 is 0 Å². The fourth-order valence-electron chi connectivity index (χ4n) is 1.45. The Morgan fingerprint density at radius 1 is 1.40 bits per heavy atom. The molecule has 0 aliphatic rings. The molecule has 0 aliphatic carbocycles. The number of carboxylic acid groups (broad SMARTS) is 1. The molecule has 0 unspecified atom stereocenters. The summed E-state index contributed by atoms with van der Waals surface area (Å²) in [7, 11) is 0. The lowest BCUT2D eigenvalue weighted by molar-refractivity contribution is -0.136. The third-order valence-corrected chi connectivity index (χ3v) is 5.27. The molecule has 8 heteroatoms. The number of hydrogen-bond acceptors (Lipinski definition) is 5. The molecule has 4 nitrogen and oxygen atoms in total. The molecule has 0 bridgehead atoms. The number of hydrogen-bond donors (Lipinski definition) is 1. The van der Waals surface area contributed by atoms with Crippen LogP contribution >= 0.6 is 46.3 Å². The van der Waals surface area contributed by atoms with E-state index in [0.717, 1.165) is 14.9 Å². The Morgan fingerprint density at radius 2 is 2.15 bits per heavy atom. The standard InChI is InChI=1S/C12H10Cl2N2O2S2/c1-6-9(4-11(17)18)20-12(15-6)19-5-8-7(13)2-3-10(14)16-8/h2-3H,4-5H2,1H3,(H,17,18). The van der Waals surface area contributed by atoms with Gasteiger partial charge >= 0.3 is 5.97 Å². The first kappa shape index (κ1) is 15.6. The molecule has 2 heterocycles. The van der Waals surface area contributed by atoms with Crippen molar-refractivity contribution < 1.29 is 9.90 Å². The van der Waals surface area contributed by atoms with Gasteiger partial charge in [0.2, 0.25) is 0 Å². The Bertz CT molecular complexity index is 646. The highest BCUT2D eigenvalue weighted by atomic mass is 35.5. The summed E-state index contributed by atoms with van der Waals surface area (Å²) < 4.78 is 0.802. The molecule has 2 aromatic heterocycles. The second-order valence-corrected chi connectivity index (χ2v) is 7.01. The minimum atomic E-state index is -0.854. The maximum atomic E-state index is 10.7. The molecule has 0 atom stereocenters. The van der Waals surface area contributed by atoms with Crippen LogP contribution in [-0.2, 0) is 17.0 Å². The number of carbonyl (C=O) groups is 1. The van der Waals surface area contributed by atoms with Crippen LogP contribution in [0.2, 0.25) is 10.2 Å². The summed E-state index contributed by atoms with van der Waals surface area (Å²) in [5, 5.41) is 9.76. The number of aromatic nitrogens is 2. The third kappa shape index (κ3) is 4.09. The van der Waals surface area contributed by atoms with Gasteiger partial charge in [-0.3, -0.25) is 4.79 Å². The van der Waals surface area contributed by atoms with Crippen molar-refractivity contribution in [1.82, 2.24) is 9.97 Å². The number of aryl methyl sites for hydroxylation is 1. The van der Waals surface area contributed by atoms with Crippen molar-refractivity contribution in [2.24, 2.45) is 0 Å². The molecule has 106 valence electrons. The molecule has 0 saturated carbocycles. The highest BCUT2D eigenvalue weighted by Crippen LogP contribution is 2.31. The van der Waals surface area contributed by atoms with Crippen LogP contribution in [0.25, 0.3) is 0 Å². The maximum absolute atomic E-state index is 10.7. The first-order chi connectivity index (χ1) is 9.45. The average molecular weight is 349 g/mol. The lowest BCUT2D eigenvalue weighted by Crippen LogP contribution is -1.99. The summed E-state index contributed by atoms with van der Waals surface area (Å²) in [4.78, 5) is 20.0. The van der Waals surface area contributed by atoms with Crippen molar-refractivity contribution in [2.45, 2.75) is 23.4 Å². The van der Waals surface area contributed by atoms with Crippen molar-refractivity contribution >= 4 is 52.3 Å². The first-order valence-corrected chi connectivity index (χ1v) is 8.13. The Balaban J connectivity index is 2.07. The van der Waals surface area contributed by atoms with E-state index in [1.165, 1.54) is 23.1 Å². The summed E-state index contributed by atoms with van der Waals surface area (Å²) in [6.07, 6.45) is 0.000229. The van der Waals surface area contributed by atoms with E-state index in [1.807, 2.05) is 6.92 Å². The zero-order chi connectivity index (χ0) is 14.7. The van der Waals surface area contributed by atoms with Gasteiger partial charge in [-0.15, -0.1) is 11.3 Å². The van der Waals surface area contributed by atoms with Gasteiger partial charge in [-0.2, -0.15) is 0 Å². The third-order valence-electron chi connectivity index (χ3n) is 2.40. The van der Waals surface area contributed by atoms with Gasteiger partial charge in [-0.25, -0.2) is 9.97 Å². The molecule has 0 aromatic carbocycles. The normalized spacial score (nSPS) is 10.8. The van der Waals surface area contributed by atoms with Crippen LogP contribution in [0.1, 0.15) is 16.3 Å². The minimum Gasteiger partial charge on any atom is -0.481 e. The number of thioether (sulfide) groups is 1. The minimum absolute atomic E-state index is 0.000229. The van der Waals surface area contributed by atoms with E-state index < -0.39 is 5.97 Å². The van der Waals surface area contributed by atoms with Gasteiger partial charge in [0.15, 0.2) is 4.34 Å². The zero-order valence-electron chi connectivity index (χ0n) is 10.4. The van der Waals surface area contributed by atoms with Crippen LogP contribution in [0, 0.1) is 6.92 Å². The van der Waals surface area contributed by atoms with Crippen LogP contribution in [0.15, 0.2) is 16.5 Å². The Kier molecular flexibility index (Phi) is 5.26. The second-order valence-electron chi connectivity index (χ2n) is 3.91. The van der Waals surface area contributed by atoms with Crippen LogP contribution in [0.5, 0.6) is 0 Å². The molecule has 2 aromatic rings. The van der Waals surface area contributed by atoms with E-state index in [-0.39, 0.29) is 6.42 Å². The van der Waals surface area contributed by atoms with Gasteiger partial charge in [0.05, 0.1) is 22.8 Å². The van der Waals surface area contributed by atoms with Crippen LogP contribution in [-0.4, -0.2) is 21.0 Å². The zero-order valence-corrected chi connectivity index (χ0v) is 13.5. The molecule has 0 aliphatic heterocycles. The van der Waals surface area contributed by atoms with Crippen LogP contribution in [0.3, 0.4) is 0 Å². The lowest BCUT2D eigenvalue weighted by atomic mass is 10.3. The number of nitrogens with zero attached hydrogens (tertiary/aromatic N) is 2. The van der Waals surface area contributed by atoms with Crippen molar-refractivity contribution in [2.75, 3.05) is 0 Å². The molecule has 0 amide bonds. The van der Waals surface area contributed by atoms with Gasteiger partial charge in [-0.05, 0) is 19.1 Å². The number of halogens is 2. The predicted octanol–water partition coefficient (Wildman–Crippen LogP) is 4.07. The summed E-state index contributed by atoms with van der Waals surface area (Å²) in [5.74, 6) is -0.313. The summed E-state index contributed by atoms with van der Waals surface area (Å²) >= 11 is 14.7. The summed E-state index contributed by atoms with van der Waals surface area (Å²) in [6, 6.07) is 3.34. The van der Waals surface area contributed by atoms with E-state index in [1.54, 1.807) is 12.1 Å². The lowest BCUT2D eigenvalue weighted by Gasteiger charge is -2.01. The number of aliphatic carboxylic acids is 1. The van der Waals surface area contributed by atoms with E-state index in [9.17, 15) is 4.79 Å². The molecule has 0 saturated heterocycles. The monoisotopic (exact) mass is 348 g/mol. The van der Waals surface area contributed by atoms with Crippen molar-refractivity contribution in [1.29, 1.82) is 0 Å². The van der Waals surface area contributed by atoms with Gasteiger partial charge < -0.3 is 5.11 Å². The smallest absolute Gasteiger partial charge is 0.308 e. The second kappa shape index (κ2) is 6.76. The molecular formula is C12H10Cl2N2O2S2. The van der Waals surface area contributed by atoms with Crippen molar-refractivity contribution in [3.8, 4) is 0 Å². The molecule has 2 rings (SSSR count). The van der Waals surface area contributed by atoms with Crippen LogP contribution in [0.4, 0.5) is 0 Å². The highest BCUT2D eigenvalue weighted by molar-refractivity contribution is 8.00.